The van der Waals surface area contributed by atoms with Crippen molar-refractivity contribution in [2.24, 2.45) is 5.92 Å². The summed E-state index contributed by atoms with van der Waals surface area (Å²) in [5.74, 6) is 0.454. The van der Waals surface area contributed by atoms with Crippen molar-refractivity contribution in [3.63, 3.8) is 0 Å². The third-order valence-corrected chi connectivity index (χ3v) is 4.54. The Kier molecular flexibility index (Phi) is 8.49. The van der Waals surface area contributed by atoms with E-state index in [9.17, 15) is 4.79 Å². The minimum absolute atomic E-state index is 0.156. The van der Waals surface area contributed by atoms with E-state index in [1.54, 1.807) is 0 Å². The monoisotopic (exact) mass is 495 g/mol. The largest absolute Gasteiger partial charge is 0.374 e. The lowest BCUT2D eigenvalue weighted by molar-refractivity contribution is -0.120. The SMILES string of the molecule is C=C(CCC(C)C)NNC(=O)CNc1c(Br)cc(Br)cc1Br. The Balaban J connectivity index is 2.39. The predicted octanol–water partition coefficient (Wildman–Crippen LogP) is 4.96. The minimum atomic E-state index is -0.160. The molecule has 1 aromatic rings. The maximum atomic E-state index is 11.8. The number of anilines is 1. The van der Waals surface area contributed by atoms with Gasteiger partial charge in [0.15, 0.2) is 0 Å². The van der Waals surface area contributed by atoms with Gasteiger partial charge >= 0.3 is 0 Å². The van der Waals surface area contributed by atoms with Crippen LogP contribution in [0.2, 0.25) is 0 Å². The van der Waals surface area contributed by atoms with Gasteiger partial charge in [-0.2, -0.15) is 0 Å². The fourth-order valence-corrected chi connectivity index (χ4v) is 4.15. The second-order valence-corrected chi connectivity index (χ2v) is 7.93. The van der Waals surface area contributed by atoms with Crippen LogP contribution in [0.25, 0.3) is 0 Å². The van der Waals surface area contributed by atoms with Crippen molar-refractivity contribution in [1.29, 1.82) is 0 Å². The molecular formula is C15H20Br3N3O. The Morgan fingerprint density at radius 3 is 2.32 bits per heavy atom. The van der Waals surface area contributed by atoms with E-state index in [1.807, 2.05) is 12.1 Å². The van der Waals surface area contributed by atoms with E-state index in [2.05, 4.69) is 84.4 Å². The molecule has 0 aliphatic heterocycles. The average Bonchev–Trinajstić information content (AvgIpc) is 2.41. The van der Waals surface area contributed by atoms with E-state index in [4.69, 9.17) is 0 Å². The first-order chi connectivity index (χ1) is 10.3. The van der Waals surface area contributed by atoms with Gasteiger partial charge in [0.2, 0.25) is 0 Å². The first kappa shape index (κ1) is 19.5. The molecular weight excluding hydrogens is 478 g/mol. The number of hydrogen-bond donors (Lipinski definition) is 3. The molecule has 0 saturated carbocycles. The molecule has 1 amide bonds. The normalized spacial score (nSPS) is 10.5. The maximum absolute atomic E-state index is 11.8. The Bertz CT molecular complexity index is 524. The summed E-state index contributed by atoms with van der Waals surface area (Å²) in [6, 6.07) is 3.83. The van der Waals surface area contributed by atoms with Crippen LogP contribution in [0.1, 0.15) is 26.7 Å². The molecule has 0 aliphatic carbocycles. The lowest BCUT2D eigenvalue weighted by Crippen LogP contribution is -2.40. The molecule has 122 valence electrons. The van der Waals surface area contributed by atoms with Crippen LogP contribution in [0.5, 0.6) is 0 Å². The fraction of sp³-hybridized carbons (Fsp3) is 0.400. The first-order valence-electron chi connectivity index (χ1n) is 6.90. The van der Waals surface area contributed by atoms with Crippen molar-refractivity contribution >= 4 is 59.4 Å². The molecule has 0 aliphatic rings. The number of halogens is 3. The molecule has 0 unspecified atom stereocenters. The molecule has 0 aromatic heterocycles. The highest BCUT2D eigenvalue weighted by molar-refractivity contribution is 9.11. The summed E-state index contributed by atoms with van der Waals surface area (Å²) in [4.78, 5) is 11.8. The molecule has 0 atom stereocenters. The lowest BCUT2D eigenvalue weighted by atomic mass is 10.1. The molecule has 3 N–H and O–H groups in total. The highest BCUT2D eigenvalue weighted by Gasteiger charge is 2.08. The Labute approximate surface area is 156 Å². The molecule has 22 heavy (non-hydrogen) atoms. The van der Waals surface area contributed by atoms with Gasteiger partial charge < -0.3 is 10.7 Å². The third-order valence-electron chi connectivity index (χ3n) is 2.83. The smallest absolute Gasteiger partial charge is 0.257 e. The van der Waals surface area contributed by atoms with Gasteiger partial charge in [0, 0.05) is 19.1 Å². The molecule has 7 heteroatoms. The summed E-state index contributed by atoms with van der Waals surface area (Å²) >= 11 is 10.3. The van der Waals surface area contributed by atoms with Crippen LogP contribution >= 0.6 is 47.8 Å². The van der Waals surface area contributed by atoms with E-state index in [0.717, 1.165) is 37.6 Å². The van der Waals surface area contributed by atoms with Gasteiger partial charge in [-0.25, -0.2) is 0 Å². The van der Waals surface area contributed by atoms with Crippen LogP contribution in [0, 0.1) is 5.92 Å². The summed E-state index contributed by atoms with van der Waals surface area (Å²) in [5.41, 5.74) is 7.13. The topological polar surface area (TPSA) is 53.2 Å². The highest BCUT2D eigenvalue weighted by atomic mass is 79.9. The van der Waals surface area contributed by atoms with E-state index in [0.29, 0.717) is 5.92 Å². The van der Waals surface area contributed by atoms with Crippen LogP contribution in [-0.2, 0) is 4.79 Å². The van der Waals surface area contributed by atoms with Crippen LogP contribution < -0.4 is 16.2 Å². The van der Waals surface area contributed by atoms with Gasteiger partial charge in [-0.05, 0) is 62.8 Å². The summed E-state index contributed by atoms with van der Waals surface area (Å²) in [7, 11) is 0. The van der Waals surface area contributed by atoms with Gasteiger partial charge in [-0.1, -0.05) is 36.4 Å². The minimum Gasteiger partial charge on any atom is -0.374 e. The van der Waals surface area contributed by atoms with Gasteiger partial charge in [-0.3, -0.25) is 10.2 Å². The Hall–Kier alpha value is -0.530. The fourth-order valence-electron chi connectivity index (χ4n) is 1.61. The molecule has 0 radical (unpaired) electrons. The Morgan fingerprint density at radius 2 is 1.77 bits per heavy atom. The number of nitrogens with one attached hydrogen (secondary N) is 3. The van der Waals surface area contributed by atoms with Gasteiger partial charge in [0.25, 0.3) is 5.91 Å². The van der Waals surface area contributed by atoms with Gasteiger partial charge in [0.1, 0.15) is 0 Å². The number of allylic oxidation sites excluding steroid dienone is 1. The summed E-state index contributed by atoms with van der Waals surface area (Å²) in [6.07, 6.45) is 1.88. The third kappa shape index (κ3) is 7.15. The zero-order chi connectivity index (χ0) is 16.7. The number of hydrazine groups is 1. The van der Waals surface area contributed by atoms with Crippen LogP contribution in [0.3, 0.4) is 0 Å². The number of amides is 1. The number of carbonyl (C=O) groups excluding carboxylic acids is 1. The molecule has 0 saturated heterocycles. The number of hydrogen-bond acceptors (Lipinski definition) is 3. The average molecular weight is 498 g/mol. The lowest BCUT2D eigenvalue weighted by Gasteiger charge is -2.14. The van der Waals surface area contributed by atoms with E-state index >= 15 is 0 Å². The molecule has 0 heterocycles. The molecule has 0 spiro atoms. The van der Waals surface area contributed by atoms with Gasteiger partial charge in [-0.15, -0.1) is 0 Å². The second kappa shape index (κ2) is 9.57. The number of benzene rings is 1. The molecule has 4 nitrogen and oxygen atoms in total. The summed E-state index contributed by atoms with van der Waals surface area (Å²) in [6.45, 7) is 8.36. The van der Waals surface area contributed by atoms with E-state index in [1.165, 1.54) is 0 Å². The predicted molar refractivity (Wildman–Crippen MR) is 103 cm³/mol. The zero-order valence-corrected chi connectivity index (χ0v) is 17.4. The molecule has 1 aromatic carbocycles. The van der Waals surface area contributed by atoms with Crippen LogP contribution in [0.15, 0.2) is 37.8 Å². The maximum Gasteiger partial charge on any atom is 0.257 e. The molecule has 0 bridgehead atoms. The summed E-state index contributed by atoms with van der Waals surface area (Å²) < 4.78 is 2.69. The van der Waals surface area contributed by atoms with Crippen LogP contribution in [-0.4, -0.2) is 12.5 Å². The van der Waals surface area contributed by atoms with Crippen molar-refractivity contribution in [3.05, 3.63) is 37.8 Å². The van der Waals surface area contributed by atoms with Gasteiger partial charge in [0.05, 0.1) is 12.2 Å². The highest BCUT2D eigenvalue weighted by Crippen LogP contribution is 2.34. The van der Waals surface area contributed by atoms with Crippen LogP contribution in [0.4, 0.5) is 5.69 Å². The van der Waals surface area contributed by atoms with E-state index in [-0.39, 0.29) is 12.5 Å². The quantitative estimate of drug-likeness (QED) is 0.445. The van der Waals surface area contributed by atoms with Crippen molar-refractivity contribution in [1.82, 2.24) is 10.9 Å². The second-order valence-electron chi connectivity index (χ2n) is 5.31. The number of carbonyl (C=O) groups is 1. The van der Waals surface area contributed by atoms with Crippen molar-refractivity contribution in [2.45, 2.75) is 26.7 Å². The van der Waals surface area contributed by atoms with E-state index < -0.39 is 0 Å². The van der Waals surface area contributed by atoms with Crippen molar-refractivity contribution in [2.75, 3.05) is 11.9 Å². The standard InChI is InChI=1S/C15H20Br3N3O/c1-9(2)4-5-10(3)20-21-14(22)8-19-15-12(17)6-11(16)7-13(15)18/h6-7,9,19-20H,3-5,8H2,1-2H3,(H,21,22). The zero-order valence-electron chi connectivity index (χ0n) is 12.6. The van der Waals surface area contributed by atoms with Crippen molar-refractivity contribution in [3.8, 4) is 0 Å². The van der Waals surface area contributed by atoms with Crippen molar-refractivity contribution < 1.29 is 4.79 Å². The molecule has 0 fully saturated rings. The first-order valence-corrected chi connectivity index (χ1v) is 9.28. The number of rotatable bonds is 8. The Morgan fingerprint density at radius 1 is 1.18 bits per heavy atom. The molecule has 1 rings (SSSR count). The summed E-state index contributed by atoms with van der Waals surface area (Å²) in [5, 5.41) is 3.09.